The van der Waals surface area contributed by atoms with Crippen molar-refractivity contribution in [1.82, 2.24) is 24.4 Å². The van der Waals surface area contributed by atoms with Crippen molar-refractivity contribution in [3.8, 4) is 0 Å². The number of azo groups is 1. The van der Waals surface area contributed by atoms with E-state index in [4.69, 9.17) is 0 Å². The van der Waals surface area contributed by atoms with Crippen LogP contribution in [-0.2, 0) is 24.9 Å². The third-order valence-corrected chi connectivity index (χ3v) is 12.0. The van der Waals surface area contributed by atoms with E-state index in [0.29, 0.717) is 61.0 Å². The Balaban J connectivity index is 0.00000600. The van der Waals surface area contributed by atoms with Crippen LogP contribution >= 0.6 is 11.5 Å². The maximum absolute atomic E-state index is 12.9. The molecule has 4 rings (SSSR count). The van der Waals surface area contributed by atoms with Gasteiger partial charge in [0.05, 0.1) is 28.2 Å². The van der Waals surface area contributed by atoms with Crippen molar-refractivity contribution in [3.63, 3.8) is 0 Å². The van der Waals surface area contributed by atoms with Gasteiger partial charge in [-0.25, -0.2) is 21.6 Å². The summed E-state index contributed by atoms with van der Waals surface area (Å²) >= 11 is 1.05. The van der Waals surface area contributed by atoms with Gasteiger partial charge in [0, 0.05) is 35.5 Å². The van der Waals surface area contributed by atoms with Crippen molar-refractivity contribution in [2.45, 2.75) is 120 Å². The summed E-state index contributed by atoms with van der Waals surface area (Å²) < 4.78 is 67.3. The number of nitrogens with one attached hydrogen (secondary N) is 2. The molecule has 2 fully saturated rings. The Morgan fingerprint density at radius 1 is 1.13 bits per heavy atom. The van der Waals surface area contributed by atoms with Gasteiger partial charge in [-0.3, -0.25) is 4.79 Å². The predicted octanol–water partition coefficient (Wildman–Crippen LogP) is 0.865. The molecule has 1 saturated carbocycles. The molecule has 2 aliphatic rings. The monoisotopic (exact) mass is 722 g/mol. The SMILES string of the molecule is CC(=O)NC1CC(N(C)CCCCS(=O)(=O)NC2CC(C)(C)N([O-])C(C)(C)C2)CCC1N=Nc1snc2ccc(S(=O)(=O)[O-])cc12.[Na+]. The Morgan fingerprint density at radius 2 is 1.79 bits per heavy atom. The van der Waals surface area contributed by atoms with E-state index in [1.807, 2.05) is 34.7 Å². The van der Waals surface area contributed by atoms with Gasteiger partial charge in [-0.15, -0.1) is 5.11 Å². The van der Waals surface area contributed by atoms with Crippen molar-refractivity contribution in [2.75, 3.05) is 19.3 Å². The first-order valence-corrected chi connectivity index (χ1v) is 19.3. The first-order valence-electron chi connectivity index (χ1n) is 15.5. The van der Waals surface area contributed by atoms with Gasteiger partial charge < -0.3 is 25.0 Å². The number of carbonyl (C=O) groups is 1. The first-order chi connectivity index (χ1) is 21.3. The molecule has 1 amide bonds. The van der Waals surface area contributed by atoms with Gasteiger partial charge in [0.2, 0.25) is 15.9 Å². The van der Waals surface area contributed by atoms with Crippen LogP contribution in [-0.4, -0.2) is 96.2 Å². The van der Waals surface area contributed by atoms with Gasteiger partial charge in [0.1, 0.15) is 10.1 Å². The Morgan fingerprint density at radius 3 is 2.40 bits per heavy atom. The van der Waals surface area contributed by atoms with Crippen LogP contribution in [0.2, 0.25) is 0 Å². The predicted molar refractivity (Wildman–Crippen MR) is 176 cm³/mol. The van der Waals surface area contributed by atoms with Crippen molar-refractivity contribution in [3.05, 3.63) is 23.4 Å². The number of sulfonamides is 1. The Labute approximate surface area is 304 Å². The number of aromatic nitrogens is 1. The quantitative estimate of drug-likeness (QED) is 0.137. The second-order valence-electron chi connectivity index (χ2n) is 13.8. The number of nitrogens with zero attached hydrogens (tertiary/aromatic N) is 5. The van der Waals surface area contributed by atoms with Gasteiger partial charge in [0.25, 0.3) is 0 Å². The number of carbonyl (C=O) groups excluding carboxylic acids is 1. The van der Waals surface area contributed by atoms with Gasteiger partial charge in [0.15, 0.2) is 5.00 Å². The molecule has 3 atom stereocenters. The van der Waals surface area contributed by atoms with Crippen LogP contribution in [0.4, 0.5) is 5.00 Å². The van der Waals surface area contributed by atoms with E-state index in [0.717, 1.165) is 23.0 Å². The molecule has 3 unspecified atom stereocenters. The largest absolute Gasteiger partial charge is 1.00 e. The van der Waals surface area contributed by atoms with Gasteiger partial charge in [-0.2, -0.15) is 9.49 Å². The number of hydrogen-bond acceptors (Lipinski definition) is 13. The summed E-state index contributed by atoms with van der Waals surface area (Å²) in [5.41, 5.74) is -0.802. The minimum atomic E-state index is -4.63. The van der Waals surface area contributed by atoms with Gasteiger partial charge >= 0.3 is 29.6 Å². The van der Waals surface area contributed by atoms with E-state index in [-0.39, 0.29) is 70.3 Å². The standard InChI is InChI=1S/C29H46N7O7S3.Na/c1-19(37)30-26-15-21(9-11-25(26)31-32-27-23-16-22(46(41,42)43)10-12-24(23)33-44-27)35(6)13-7-8-14-45(39,40)34-20-17-28(2,3)36(38)29(4,5)18-20;/h10,12,16,20-21,25-26,34H,7-9,11,13-15,17-18H2,1-6H3,(H,30,37)(H,41,42,43);/q-1;+1/p-1. The Bertz CT molecular complexity index is 1630. The van der Waals surface area contributed by atoms with Crippen molar-refractivity contribution < 1.29 is 55.7 Å². The molecule has 2 aromatic rings. The number of benzene rings is 1. The fourth-order valence-electron chi connectivity index (χ4n) is 6.84. The van der Waals surface area contributed by atoms with Gasteiger partial charge in [-0.1, -0.05) is 0 Å². The Hall–Kier alpha value is -1.12. The summed E-state index contributed by atoms with van der Waals surface area (Å²) in [6, 6.07) is 3.20. The molecule has 47 heavy (non-hydrogen) atoms. The van der Waals surface area contributed by atoms with Crippen LogP contribution in [0.3, 0.4) is 0 Å². The van der Waals surface area contributed by atoms with E-state index in [2.05, 4.69) is 29.5 Å². The number of unbranched alkanes of at least 4 members (excludes halogenated alkanes) is 1. The van der Waals surface area contributed by atoms with E-state index in [1.54, 1.807) is 0 Å². The zero-order valence-electron chi connectivity index (χ0n) is 28.2. The molecule has 0 spiro atoms. The molecule has 2 heterocycles. The summed E-state index contributed by atoms with van der Waals surface area (Å²) in [5, 5.41) is 26.4. The van der Waals surface area contributed by atoms with E-state index in [1.165, 1.54) is 25.1 Å². The molecule has 1 aromatic carbocycles. The topological polar surface area (TPSA) is 200 Å². The number of rotatable bonds is 12. The van der Waals surface area contributed by atoms with E-state index >= 15 is 0 Å². The molecule has 258 valence electrons. The molecule has 1 saturated heterocycles. The zero-order chi connectivity index (χ0) is 34.1. The second-order valence-corrected chi connectivity index (χ2v) is 17.8. The maximum atomic E-state index is 12.9. The molecular weight excluding hydrogens is 678 g/mol. The molecule has 14 nitrogen and oxygen atoms in total. The van der Waals surface area contributed by atoms with E-state index < -0.39 is 31.2 Å². The molecule has 1 aliphatic heterocycles. The number of hydroxylamine groups is 2. The fraction of sp³-hybridized carbons (Fsp3) is 0.724. The molecule has 1 aliphatic carbocycles. The molecule has 0 radical (unpaired) electrons. The third-order valence-electron chi connectivity index (χ3n) is 8.92. The second kappa shape index (κ2) is 15.8. The van der Waals surface area contributed by atoms with Crippen molar-refractivity contribution >= 4 is 53.5 Å². The van der Waals surface area contributed by atoms with Crippen LogP contribution < -0.4 is 39.6 Å². The number of fused-ring (bicyclic) bond motifs is 1. The van der Waals surface area contributed by atoms with E-state index in [9.17, 15) is 31.4 Å². The van der Waals surface area contributed by atoms with Crippen molar-refractivity contribution in [2.24, 2.45) is 10.2 Å². The summed E-state index contributed by atoms with van der Waals surface area (Å²) in [6.07, 6.45) is 4.14. The normalized spacial score (nSPS) is 24.1. The number of amides is 1. The summed E-state index contributed by atoms with van der Waals surface area (Å²) in [4.78, 5) is 13.9. The average molecular weight is 723 g/mol. The minimum Gasteiger partial charge on any atom is -0.784 e. The zero-order valence-corrected chi connectivity index (χ0v) is 32.7. The van der Waals surface area contributed by atoms with Crippen LogP contribution in [0.25, 0.3) is 10.9 Å². The molecule has 2 N–H and O–H groups in total. The molecule has 18 heteroatoms. The van der Waals surface area contributed by atoms with Crippen LogP contribution in [0.1, 0.15) is 79.6 Å². The van der Waals surface area contributed by atoms with Crippen LogP contribution in [0.5, 0.6) is 0 Å². The number of piperidine rings is 1. The Kier molecular flexibility index (Phi) is 13.6. The fourth-order valence-corrected chi connectivity index (χ4v) is 9.41. The summed E-state index contributed by atoms with van der Waals surface area (Å²) in [7, 11) is -6.15. The molecular formula is C29H45N7NaO7S3-. The minimum absolute atomic E-state index is 0. The maximum Gasteiger partial charge on any atom is 1.00 e. The summed E-state index contributed by atoms with van der Waals surface area (Å²) in [5.74, 6) is -0.178. The van der Waals surface area contributed by atoms with Crippen molar-refractivity contribution in [1.29, 1.82) is 0 Å². The first kappa shape index (κ1) is 40.3. The molecule has 1 aromatic heterocycles. The van der Waals surface area contributed by atoms with Gasteiger partial charge in [-0.05, 0) is 116 Å². The summed E-state index contributed by atoms with van der Waals surface area (Å²) in [6.45, 7) is 9.51. The smallest absolute Gasteiger partial charge is 0.784 e. The van der Waals surface area contributed by atoms with Crippen LogP contribution in [0.15, 0.2) is 33.3 Å². The number of hydrogen-bond donors (Lipinski definition) is 2. The third kappa shape index (κ3) is 10.7. The van der Waals surface area contributed by atoms with Crippen LogP contribution in [0, 0.1) is 5.21 Å². The molecule has 0 bridgehead atoms. The average Bonchev–Trinajstić information content (AvgIpc) is 3.34.